The summed E-state index contributed by atoms with van der Waals surface area (Å²) in [5.74, 6) is -2.04. The van der Waals surface area contributed by atoms with E-state index in [1.807, 2.05) is 0 Å². The predicted octanol–water partition coefficient (Wildman–Crippen LogP) is 2.58. The molecule has 0 bridgehead atoms. The molecular formula is C38H49N3O13. The summed E-state index contributed by atoms with van der Waals surface area (Å²) in [6.45, 7) is 5.88. The fourth-order valence-electron chi connectivity index (χ4n) is 5.56. The highest BCUT2D eigenvalue weighted by Crippen LogP contribution is 2.32. The van der Waals surface area contributed by atoms with Crippen molar-refractivity contribution in [3.63, 3.8) is 0 Å². The van der Waals surface area contributed by atoms with Crippen molar-refractivity contribution in [2.24, 2.45) is 0 Å². The highest BCUT2D eigenvalue weighted by molar-refractivity contribution is 6.26. The van der Waals surface area contributed by atoms with Crippen LogP contribution < -0.4 is 15.4 Å². The van der Waals surface area contributed by atoms with Gasteiger partial charge in [0.2, 0.25) is 17.7 Å². The molecular weight excluding hydrogens is 706 g/mol. The van der Waals surface area contributed by atoms with Gasteiger partial charge in [0.15, 0.2) is 0 Å². The van der Waals surface area contributed by atoms with Gasteiger partial charge < -0.3 is 38.5 Å². The standard InChI is InChI=1S/C38H49N3O13/c42-27-28-8-10-29(11-9-28)54-26-25-53-24-23-52-22-21-51-20-19-50-18-17-49-16-15-48-14-3-1-2-7-33(43)39-31-6-4-5-30-35(31)38(47)41(37(30)46)32-12-13-34(44)40-36(32)45/h4-6,8-11,27,32H,1-3,7,12-26H2,(H,39,43)(H,40,44,45). The quantitative estimate of drug-likeness (QED) is 0.0732. The molecule has 5 amide bonds. The molecule has 4 rings (SSSR count). The summed E-state index contributed by atoms with van der Waals surface area (Å²) >= 11 is 0. The number of imide groups is 2. The van der Waals surface area contributed by atoms with E-state index < -0.39 is 29.7 Å². The van der Waals surface area contributed by atoms with Gasteiger partial charge in [-0.2, -0.15) is 0 Å². The number of rotatable bonds is 28. The minimum atomic E-state index is -1.07. The van der Waals surface area contributed by atoms with Crippen LogP contribution in [0, 0.1) is 0 Å². The zero-order valence-corrected chi connectivity index (χ0v) is 30.4. The molecule has 0 aromatic heterocycles. The van der Waals surface area contributed by atoms with Gasteiger partial charge >= 0.3 is 0 Å². The number of hydrogen-bond acceptors (Lipinski definition) is 13. The van der Waals surface area contributed by atoms with E-state index >= 15 is 0 Å². The number of amides is 5. The zero-order valence-electron chi connectivity index (χ0n) is 30.4. The summed E-state index contributed by atoms with van der Waals surface area (Å²) in [4.78, 5) is 74.1. The lowest BCUT2D eigenvalue weighted by atomic mass is 10.0. The second-order valence-electron chi connectivity index (χ2n) is 12.2. The van der Waals surface area contributed by atoms with Crippen molar-refractivity contribution in [1.29, 1.82) is 0 Å². The van der Waals surface area contributed by atoms with Gasteiger partial charge in [0.25, 0.3) is 11.8 Å². The zero-order chi connectivity index (χ0) is 38.4. The van der Waals surface area contributed by atoms with Crippen molar-refractivity contribution < 1.29 is 61.9 Å². The first-order valence-corrected chi connectivity index (χ1v) is 18.2. The Morgan fingerprint density at radius 1 is 0.704 bits per heavy atom. The van der Waals surface area contributed by atoms with Crippen LogP contribution in [0.4, 0.5) is 5.69 Å². The molecule has 1 fully saturated rings. The summed E-state index contributed by atoms with van der Waals surface area (Å²) in [7, 11) is 0. The van der Waals surface area contributed by atoms with E-state index in [2.05, 4.69) is 10.6 Å². The molecule has 1 unspecified atom stereocenters. The van der Waals surface area contributed by atoms with E-state index in [9.17, 15) is 28.8 Å². The highest BCUT2D eigenvalue weighted by Gasteiger charge is 2.45. The van der Waals surface area contributed by atoms with E-state index in [-0.39, 0.29) is 42.0 Å². The molecule has 2 aromatic rings. The molecule has 2 aliphatic heterocycles. The molecule has 2 N–H and O–H groups in total. The number of hydrogen-bond donors (Lipinski definition) is 2. The molecule has 16 heteroatoms. The average molecular weight is 756 g/mol. The molecule has 1 atom stereocenters. The van der Waals surface area contributed by atoms with E-state index in [4.69, 9.17) is 33.2 Å². The molecule has 1 saturated heterocycles. The maximum absolute atomic E-state index is 13.2. The smallest absolute Gasteiger partial charge is 0.264 e. The maximum atomic E-state index is 13.2. The molecule has 0 aliphatic carbocycles. The number of carbonyl (C=O) groups is 6. The Labute approximate surface area is 314 Å². The van der Waals surface area contributed by atoms with Crippen molar-refractivity contribution in [2.45, 2.75) is 44.6 Å². The highest BCUT2D eigenvalue weighted by atomic mass is 16.6. The van der Waals surface area contributed by atoms with Crippen molar-refractivity contribution >= 4 is 41.5 Å². The minimum absolute atomic E-state index is 0.0272. The van der Waals surface area contributed by atoms with Crippen molar-refractivity contribution in [3.8, 4) is 5.75 Å². The first-order valence-electron chi connectivity index (χ1n) is 18.2. The van der Waals surface area contributed by atoms with Crippen LogP contribution in [0.1, 0.15) is 69.6 Å². The van der Waals surface area contributed by atoms with Crippen LogP contribution in [-0.4, -0.2) is 133 Å². The minimum Gasteiger partial charge on any atom is -0.491 e. The van der Waals surface area contributed by atoms with Crippen LogP contribution in [0.2, 0.25) is 0 Å². The Bertz CT molecular complexity index is 1530. The SMILES string of the molecule is O=Cc1ccc(OCCOCCOCCOCCOCCOCCOCCCCCC(=O)Nc2cccc3c2C(=O)N(C2CCC(=O)NC2=O)C3=O)cc1. The first kappa shape index (κ1) is 42.2. The van der Waals surface area contributed by atoms with Crippen LogP contribution in [-0.2, 0) is 42.8 Å². The molecule has 2 aliphatic rings. The predicted molar refractivity (Wildman–Crippen MR) is 192 cm³/mol. The fourth-order valence-corrected chi connectivity index (χ4v) is 5.56. The third kappa shape index (κ3) is 14.0. The van der Waals surface area contributed by atoms with E-state index in [1.54, 1.807) is 36.4 Å². The van der Waals surface area contributed by atoms with Crippen LogP contribution in [0.25, 0.3) is 0 Å². The number of aldehydes is 1. The second kappa shape index (κ2) is 24.0. The molecule has 2 heterocycles. The van der Waals surface area contributed by atoms with Crippen LogP contribution in [0.15, 0.2) is 42.5 Å². The topological polar surface area (TPSA) is 194 Å². The molecule has 0 radical (unpaired) electrons. The maximum Gasteiger partial charge on any atom is 0.264 e. The van der Waals surface area contributed by atoms with Gasteiger partial charge in [-0.15, -0.1) is 0 Å². The second-order valence-corrected chi connectivity index (χ2v) is 12.2. The number of anilines is 1. The molecule has 2 aromatic carbocycles. The summed E-state index contributed by atoms with van der Waals surface area (Å²) in [5.41, 5.74) is 0.979. The summed E-state index contributed by atoms with van der Waals surface area (Å²) in [6.07, 6.45) is 3.23. The number of carbonyl (C=O) groups excluding carboxylic acids is 6. The van der Waals surface area contributed by atoms with E-state index in [1.165, 1.54) is 6.07 Å². The number of ether oxygens (including phenoxy) is 7. The Kier molecular flexibility index (Phi) is 18.7. The van der Waals surface area contributed by atoms with E-state index in [0.717, 1.165) is 24.0 Å². The van der Waals surface area contributed by atoms with Gasteiger partial charge in [0.1, 0.15) is 24.7 Å². The molecule has 0 saturated carbocycles. The lowest BCUT2D eigenvalue weighted by Crippen LogP contribution is -2.54. The molecule has 54 heavy (non-hydrogen) atoms. The summed E-state index contributed by atoms with van der Waals surface area (Å²) in [6, 6.07) is 10.4. The van der Waals surface area contributed by atoms with Gasteiger partial charge in [-0.25, -0.2) is 0 Å². The molecule has 294 valence electrons. The monoisotopic (exact) mass is 755 g/mol. The van der Waals surface area contributed by atoms with Gasteiger partial charge in [0.05, 0.1) is 89.5 Å². The Balaban J connectivity index is 0.894. The lowest BCUT2D eigenvalue weighted by molar-refractivity contribution is -0.136. The van der Waals surface area contributed by atoms with Crippen molar-refractivity contribution in [1.82, 2.24) is 10.2 Å². The van der Waals surface area contributed by atoms with Crippen LogP contribution >= 0.6 is 0 Å². The van der Waals surface area contributed by atoms with Crippen molar-refractivity contribution in [3.05, 3.63) is 59.2 Å². The van der Waals surface area contributed by atoms with Crippen LogP contribution in [0.5, 0.6) is 5.75 Å². The number of unbranched alkanes of at least 4 members (excludes halogenated alkanes) is 2. The van der Waals surface area contributed by atoms with Gasteiger partial charge in [-0.1, -0.05) is 12.5 Å². The van der Waals surface area contributed by atoms with Gasteiger partial charge in [-0.05, 0) is 55.7 Å². The average Bonchev–Trinajstić information content (AvgIpc) is 3.42. The summed E-state index contributed by atoms with van der Waals surface area (Å²) < 4.78 is 38.5. The van der Waals surface area contributed by atoms with Gasteiger partial charge in [-0.3, -0.25) is 39.0 Å². The first-order chi connectivity index (χ1) is 26.4. The summed E-state index contributed by atoms with van der Waals surface area (Å²) in [5, 5.41) is 4.90. The van der Waals surface area contributed by atoms with Gasteiger partial charge in [0, 0.05) is 25.0 Å². The number of nitrogens with zero attached hydrogens (tertiary/aromatic N) is 1. The third-order valence-electron chi connectivity index (χ3n) is 8.31. The van der Waals surface area contributed by atoms with E-state index in [0.29, 0.717) is 104 Å². The molecule has 0 spiro atoms. The van der Waals surface area contributed by atoms with Crippen LogP contribution in [0.3, 0.4) is 0 Å². The fraction of sp³-hybridized carbons (Fsp3) is 0.526. The largest absolute Gasteiger partial charge is 0.491 e. The third-order valence-corrected chi connectivity index (χ3v) is 8.31. The normalized spacial score (nSPS) is 15.3. The molecule has 16 nitrogen and oxygen atoms in total. The number of benzene rings is 2. The number of fused-ring (bicyclic) bond motifs is 1. The Morgan fingerprint density at radius 3 is 1.85 bits per heavy atom. The lowest BCUT2D eigenvalue weighted by Gasteiger charge is -2.27. The Hall–Kier alpha value is -4.58. The number of piperidine rings is 1. The number of nitrogens with one attached hydrogen (secondary N) is 2. The Morgan fingerprint density at radius 2 is 1.28 bits per heavy atom. The van der Waals surface area contributed by atoms with Crippen molar-refractivity contribution in [2.75, 3.05) is 91.2 Å².